The van der Waals surface area contributed by atoms with Gasteiger partial charge in [-0.2, -0.15) is 0 Å². The van der Waals surface area contributed by atoms with Gasteiger partial charge in [0, 0.05) is 16.2 Å². The standard InChI is InChI=1S/C12H10BrNO2/c1-16-12(15)11-6-8(7-14-11)9-4-2-3-5-10(9)13/h2-7,14H,1H3. The highest BCUT2D eigenvalue weighted by atomic mass is 79.9. The molecule has 0 spiro atoms. The molecule has 0 fully saturated rings. The second-order valence-electron chi connectivity index (χ2n) is 3.27. The number of hydrogen-bond donors (Lipinski definition) is 1. The Morgan fingerprint density at radius 2 is 2.12 bits per heavy atom. The first kappa shape index (κ1) is 11.0. The monoisotopic (exact) mass is 279 g/mol. The van der Waals surface area contributed by atoms with Gasteiger partial charge in [0.2, 0.25) is 0 Å². The van der Waals surface area contributed by atoms with Crippen molar-refractivity contribution < 1.29 is 9.53 Å². The fourth-order valence-electron chi connectivity index (χ4n) is 1.47. The molecule has 0 saturated heterocycles. The van der Waals surface area contributed by atoms with Crippen LogP contribution < -0.4 is 0 Å². The number of hydrogen-bond acceptors (Lipinski definition) is 2. The van der Waals surface area contributed by atoms with Crippen LogP contribution >= 0.6 is 15.9 Å². The summed E-state index contributed by atoms with van der Waals surface area (Å²) in [5.74, 6) is -0.363. The molecule has 0 aliphatic rings. The summed E-state index contributed by atoms with van der Waals surface area (Å²) >= 11 is 3.47. The maximum absolute atomic E-state index is 11.3. The Labute approximate surface area is 102 Å². The van der Waals surface area contributed by atoms with Gasteiger partial charge in [-0.3, -0.25) is 0 Å². The number of aromatic amines is 1. The smallest absolute Gasteiger partial charge is 0.354 e. The van der Waals surface area contributed by atoms with Gasteiger partial charge in [-0.1, -0.05) is 34.1 Å². The predicted octanol–water partition coefficient (Wildman–Crippen LogP) is 3.23. The maximum Gasteiger partial charge on any atom is 0.354 e. The Morgan fingerprint density at radius 3 is 2.81 bits per heavy atom. The molecular weight excluding hydrogens is 270 g/mol. The fraction of sp³-hybridized carbons (Fsp3) is 0.0833. The van der Waals surface area contributed by atoms with Crippen molar-refractivity contribution >= 4 is 21.9 Å². The molecule has 0 aliphatic heterocycles. The minimum Gasteiger partial charge on any atom is -0.464 e. The van der Waals surface area contributed by atoms with E-state index in [2.05, 4.69) is 25.7 Å². The summed E-state index contributed by atoms with van der Waals surface area (Å²) in [6, 6.07) is 9.60. The first-order chi connectivity index (χ1) is 7.72. The zero-order valence-corrected chi connectivity index (χ0v) is 10.2. The normalized spacial score (nSPS) is 10.1. The van der Waals surface area contributed by atoms with E-state index in [1.807, 2.05) is 24.3 Å². The van der Waals surface area contributed by atoms with E-state index in [9.17, 15) is 4.79 Å². The van der Waals surface area contributed by atoms with Crippen molar-refractivity contribution in [1.82, 2.24) is 4.98 Å². The Kier molecular flexibility index (Phi) is 3.10. The number of halogens is 1. The predicted molar refractivity (Wildman–Crippen MR) is 65.3 cm³/mol. The second-order valence-corrected chi connectivity index (χ2v) is 4.13. The van der Waals surface area contributed by atoms with E-state index in [1.54, 1.807) is 12.3 Å². The Bertz CT molecular complexity index is 519. The van der Waals surface area contributed by atoms with Crippen LogP contribution in [0.3, 0.4) is 0 Å². The van der Waals surface area contributed by atoms with Crippen LogP contribution in [0.4, 0.5) is 0 Å². The summed E-state index contributed by atoms with van der Waals surface area (Å²) in [6.07, 6.45) is 1.78. The Morgan fingerprint density at radius 1 is 1.38 bits per heavy atom. The van der Waals surface area contributed by atoms with Crippen molar-refractivity contribution in [3.63, 3.8) is 0 Å². The number of H-pyrrole nitrogens is 1. The number of aromatic nitrogens is 1. The van der Waals surface area contributed by atoms with Crippen LogP contribution in [0.2, 0.25) is 0 Å². The molecule has 0 aliphatic carbocycles. The molecule has 1 N–H and O–H groups in total. The third kappa shape index (κ3) is 2.02. The Hall–Kier alpha value is -1.55. The van der Waals surface area contributed by atoms with Gasteiger partial charge in [0.25, 0.3) is 0 Å². The minimum absolute atomic E-state index is 0.363. The number of rotatable bonds is 2. The lowest BCUT2D eigenvalue weighted by Gasteiger charge is -1.99. The topological polar surface area (TPSA) is 42.1 Å². The van der Waals surface area contributed by atoms with Crippen molar-refractivity contribution in [2.24, 2.45) is 0 Å². The van der Waals surface area contributed by atoms with Crippen LogP contribution in [-0.4, -0.2) is 18.1 Å². The molecule has 4 heteroatoms. The zero-order valence-electron chi connectivity index (χ0n) is 8.66. The summed E-state index contributed by atoms with van der Waals surface area (Å²) in [7, 11) is 1.36. The fourth-order valence-corrected chi connectivity index (χ4v) is 1.99. The van der Waals surface area contributed by atoms with Crippen molar-refractivity contribution in [3.8, 4) is 11.1 Å². The highest BCUT2D eigenvalue weighted by Crippen LogP contribution is 2.28. The van der Waals surface area contributed by atoms with Gasteiger partial charge in [0.15, 0.2) is 0 Å². The van der Waals surface area contributed by atoms with Crippen molar-refractivity contribution in [2.75, 3.05) is 7.11 Å². The second kappa shape index (κ2) is 4.53. The third-order valence-electron chi connectivity index (χ3n) is 2.27. The lowest BCUT2D eigenvalue weighted by Crippen LogP contribution is -2.00. The lowest BCUT2D eigenvalue weighted by molar-refractivity contribution is 0.0595. The van der Waals surface area contributed by atoms with E-state index in [0.717, 1.165) is 15.6 Å². The van der Waals surface area contributed by atoms with Crippen molar-refractivity contribution in [3.05, 3.63) is 46.7 Å². The molecule has 2 rings (SSSR count). The first-order valence-electron chi connectivity index (χ1n) is 4.74. The van der Waals surface area contributed by atoms with E-state index in [1.165, 1.54) is 7.11 Å². The summed E-state index contributed by atoms with van der Waals surface area (Å²) in [5.41, 5.74) is 2.44. The molecule has 1 aromatic carbocycles. The minimum atomic E-state index is -0.363. The number of nitrogens with one attached hydrogen (secondary N) is 1. The molecule has 0 saturated carbocycles. The van der Waals surface area contributed by atoms with E-state index in [0.29, 0.717) is 5.69 Å². The van der Waals surface area contributed by atoms with Gasteiger partial charge in [-0.05, 0) is 17.7 Å². The molecule has 82 valence electrons. The highest BCUT2D eigenvalue weighted by molar-refractivity contribution is 9.10. The first-order valence-corrected chi connectivity index (χ1v) is 5.53. The van der Waals surface area contributed by atoms with E-state index < -0.39 is 0 Å². The molecule has 0 radical (unpaired) electrons. The van der Waals surface area contributed by atoms with Crippen LogP contribution in [0.1, 0.15) is 10.5 Å². The number of esters is 1. The van der Waals surface area contributed by atoms with Crippen LogP contribution in [0.25, 0.3) is 11.1 Å². The molecule has 0 atom stereocenters. The summed E-state index contributed by atoms with van der Waals surface area (Å²) in [4.78, 5) is 14.2. The largest absolute Gasteiger partial charge is 0.464 e. The van der Waals surface area contributed by atoms with E-state index >= 15 is 0 Å². The molecule has 16 heavy (non-hydrogen) atoms. The third-order valence-corrected chi connectivity index (χ3v) is 2.96. The quantitative estimate of drug-likeness (QED) is 0.858. The lowest BCUT2D eigenvalue weighted by atomic mass is 10.1. The van der Waals surface area contributed by atoms with E-state index in [4.69, 9.17) is 0 Å². The van der Waals surface area contributed by atoms with Gasteiger partial charge in [-0.15, -0.1) is 0 Å². The summed E-state index contributed by atoms with van der Waals surface area (Å²) in [5, 5.41) is 0. The number of carbonyl (C=O) groups excluding carboxylic acids is 1. The number of carbonyl (C=O) groups is 1. The van der Waals surface area contributed by atoms with Crippen LogP contribution in [0.5, 0.6) is 0 Å². The molecule has 0 amide bonds. The maximum atomic E-state index is 11.3. The molecule has 0 unspecified atom stereocenters. The number of benzene rings is 1. The summed E-state index contributed by atoms with van der Waals surface area (Å²) < 4.78 is 5.62. The average Bonchev–Trinajstić information content (AvgIpc) is 2.78. The van der Waals surface area contributed by atoms with Crippen LogP contribution in [0, 0.1) is 0 Å². The van der Waals surface area contributed by atoms with Crippen LogP contribution in [0.15, 0.2) is 41.0 Å². The van der Waals surface area contributed by atoms with Gasteiger partial charge < -0.3 is 9.72 Å². The number of ether oxygens (including phenoxy) is 1. The van der Waals surface area contributed by atoms with Crippen molar-refractivity contribution in [1.29, 1.82) is 0 Å². The van der Waals surface area contributed by atoms with Gasteiger partial charge in [0.1, 0.15) is 5.69 Å². The molecule has 2 aromatic rings. The van der Waals surface area contributed by atoms with Gasteiger partial charge in [0.05, 0.1) is 7.11 Å². The summed E-state index contributed by atoms with van der Waals surface area (Å²) in [6.45, 7) is 0. The van der Waals surface area contributed by atoms with E-state index in [-0.39, 0.29) is 5.97 Å². The van der Waals surface area contributed by atoms with Crippen molar-refractivity contribution in [2.45, 2.75) is 0 Å². The molecule has 3 nitrogen and oxygen atoms in total. The molecule has 1 aromatic heterocycles. The van der Waals surface area contributed by atoms with Crippen LogP contribution in [-0.2, 0) is 4.74 Å². The SMILES string of the molecule is COC(=O)c1cc(-c2ccccc2Br)c[nH]1. The molecule has 1 heterocycles. The Balaban J connectivity index is 2.39. The zero-order chi connectivity index (χ0) is 11.5. The number of methoxy groups -OCH3 is 1. The highest BCUT2D eigenvalue weighted by Gasteiger charge is 2.10. The van der Waals surface area contributed by atoms with Gasteiger partial charge >= 0.3 is 5.97 Å². The van der Waals surface area contributed by atoms with Gasteiger partial charge in [-0.25, -0.2) is 4.79 Å². The molecular formula is C12H10BrNO2. The molecule has 0 bridgehead atoms. The average molecular weight is 280 g/mol.